The third-order valence-corrected chi connectivity index (χ3v) is 5.20. The normalized spacial score (nSPS) is 16.0. The monoisotopic (exact) mass is 390 g/mol. The van der Waals surface area contributed by atoms with E-state index in [0.717, 1.165) is 10.9 Å². The van der Waals surface area contributed by atoms with Gasteiger partial charge in [0.15, 0.2) is 5.16 Å². The Hall–Kier alpha value is -2.09. The largest absolute Gasteiger partial charge is 0.444 e. The topological polar surface area (TPSA) is 77.3 Å². The molecule has 3 heterocycles. The van der Waals surface area contributed by atoms with Crippen molar-refractivity contribution in [3.63, 3.8) is 0 Å². The summed E-state index contributed by atoms with van der Waals surface area (Å²) in [4.78, 5) is 35.7. The van der Waals surface area contributed by atoms with Crippen LogP contribution in [0.4, 0.5) is 4.79 Å². The van der Waals surface area contributed by atoms with E-state index >= 15 is 0 Å². The van der Waals surface area contributed by atoms with Gasteiger partial charge in [0.2, 0.25) is 0 Å². The highest BCUT2D eigenvalue weighted by atomic mass is 32.2. The lowest BCUT2D eigenvalue weighted by atomic mass is 10.0. The number of likely N-dealkylation sites (tertiary alicyclic amines) is 1. The van der Waals surface area contributed by atoms with E-state index in [4.69, 9.17) is 4.74 Å². The van der Waals surface area contributed by atoms with Gasteiger partial charge >= 0.3 is 6.09 Å². The summed E-state index contributed by atoms with van der Waals surface area (Å²) in [6.07, 6.45) is 4.79. The molecule has 1 saturated heterocycles. The SMILES string of the molecule is CSc1ncc2c(C)cc(=O)n(C3CCN(C(=O)OC(C)(C)C)CC3)c2n1. The van der Waals surface area contributed by atoms with E-state index < -0.39 is 5.60 Å². The van der Waals surface area contributed by atoms with Gasteiger partial charge in [-0.2, -0.15) is 0 Å². The number of hydrogen-bond donors (Lipinski definition) is 0. The second-order valence-electron chi connectivity index (χ2n) is 7.83. The first kappa shape index (κ1) is 19.7. The Balaban J connectivity index is 1.87. The molecule has 7 nitrogen and oxygen atoms in total. The summed E-state index contributed by atoms with van der Waals surface area (Å²) in [5.41, 5.74) is 0.991. The number of rotatable bonds is 2. The van der Waals surface area contributed by atoms with Crippen molar-refractivity contribution in [1.82, 2.24) is 19.4 Å². The molecule has 0 atom stereocenters. The molecule has 0 radical (unpaired) electrons. The minimum atomic E-state index is -0.511. The van der Waals surface area contributed by atoms with Crippen LogP contribution in [0.5, 0.6) is 0 Å². The Morgan fingerprint density at radius 1 is 1.30 bits per heavy atom. The molecule has 2 aromatic rings. The quantitative estimate of drug-likeness (QED) is 0.578. The van der Waals surface area contributed by atoms with Crippen molar-refractivity contribution in [1.29, 1.82) is 0 Å². The molecule has 0 aliphatic carbocycles. The number of amides is 1. The lowest BCUT2D eigenvalue weighted by molar-refractivity contribution is 0.0188. The number of pyridine rings is 1. The van der Waals surface area contributed by atoms with Gasteiger partial charge in [-0.15, -0.1) is 0 Å². The van der Waals surface area contributed by atoms with Crippen molar-refractivity contribution in [2.75, 3.05) is 19.3 Å². The van der Waals surface area contributed by atoms with Gasteiger partial charge in [-0.25, -0.2) is 14.8 Å². The van der Waals surface area contributed by atoms with E-state index in [1.165, 1.54) is 11.8 Å². The van der Waals surface area contributed by atoms with Crippen molar-refractivity contribution in [2.24, 2.45) is 0 Å². The molecule has 8 heteroatoms. The molecule has 3 rings (SSSR count). The first-order valence-electron chi connectivity index (χ1n) is 9.10. The maximum absolute atomic E-state index is 12.7. The molecular formula is C19H26N4O3S. The summed E-state index contributed by atoms with van der Waals surface area (Å²) >= 11 is 1.45. The average Bonchev–Trinajstić information content (AvgIpc) is 2.60. The van der Waals surface area contributed by atoms with Gasteiger partial charge in [0.25, 0.3) is 5.56 Å². The zero-order valence-corrected chi connectivity index (χ0v) is 17.3. The standard InChI is InChI=1S/C19H26N4O3S/c1-12-10-15(24)23(16-14(12)11-20-17(21-16)27-5)13-6-8-22(9-7-13)18(25)26-19(2,3)4/h10-11,13H,6-9H2,1-5H3. The van der Waals surface area contributed by atoms with Crippen LogP contribution in [0.1, 0.15) is 45.2 Å². The molecule has 1 aliphatic heterocycles. The molecule has 1 amide bonds. The molecule has 146 valence electrons. The summed E-state index contributed by atoms with van der Waals surface area (Å²) in [6, 6.07) is 1.65. The molecule has 1 aliphatic rings. The Kier molecular flexibility index (Phi) is 5.46. The molecule has 0 aromatic carbocycles. The van der Waals surface area contributed by atoms with Gasteiger partial charge < -0.3 is 9.64 Å². The molecule has 0 saturated carbocycles. The number of fused-ring (bicyclic) bond motifs is 1. The first-order chi connectivity index (χ1) is 12.7. The summed E-state index contributed by atoms with van der Waals surface area (Å²) in [6.45, 7) is 8.60. The van der Waals surface area contributed by atoms with E-state index in [1.54, 1.807) is 21.7 Å². The predicted molar refractivity (Wildman–Crippen MR) is 106 cm³/mol. The van der Waals surface area contributed by atoms with E-state index in [0.29, 0.717) is 36.7 Å². The number of carbonyl (C=O) groups excluding carboxylic acids is 1. The molecular weight excluding hydrogens is 364 g/mol. The minimum absolute atomic E-state index is 0.00360. The van der Waals surface area contributed by atoms with Crippen LogP contribution in [0, 0.1) is 6.92 Å². The summed E-state index contributed by atoms with van der Waals surface area (Å²) in [7, 11) is 0. The van der Waals surface area contributed by atoms with Crippen molar-refractivity contribution in [3.8, 4) is 0 Å². The number of carbonyl (C=O) groups is 1. The van der Waals surface area contributed by atoms with Gasteiger partial charge in [0.1, 0.15) is 11.2 Å². The Morgan fingerprint density at radius 2 is 1.96 bits per heavy atom. The Morgan fingerprint density at radius 3 is 2.56 bits per heavy atom. The van der Waals surface area contributed by atoms with Gasteiger partial charge in [-0.3, -0.25) is 9.36 Å². The fourth-order valence-electron chi connectivity index (χ4n) is 3.34. The van der Waals surface area contributed by atoms with Crippen LogP contribution in [0.3, 0.4) is 0 Å². The zero-order chi connectivity index (χ0) is 19.8. The van der Waals surface area contributed by atoms with Gasteiger partial charge in [0, 0.05) is 36.8 Å². The average molecular weight is 391 g/mol. The highest BCUT2D eigenvalue weighted by Gasteiger charge is 2.29. The maximum Gasteiger partial charge on any atom is 0.410 e. The molecule has 0 N–H and O–H groups in total. The van der Waals surface area contributed by atoms with Gasteiger partial charge in [0.05, 0.1) is 0 Å². The smallest absolute Gasteiger partial charge is 0.410 e. The minimum Gasteiger partial charge on any atom is -0.444 e. The lowest BCUT2D eigenvalue weighted by Gasteiger charge is -2.34. The van der Waals surface area contributed by atoms with Crippen LogP contribution in [-0.2, 0) is 4.74 Å². The van der Waals surface area contributed by atoms with E-state index in [1.807, 2.05) is 34.0 Å². The second kappa shape index (κ2) is 7.50. The first-order valence-corrected chi connectivity index (χ1v) is 10.3. The summed E-state index contributed by atoms with van der Waals surface area (Å²) in [5, 5.41) is 1.54. The number of nitrogens with zero attached hydrogens (tertiary/aromatic N) is 4. The number of thioether (sulfide) groups is 1. The predicted octanol–water partition coefficient (Wildman–Crippen LogP) is 3.39. The van der Waals surface area contributed by atoms with Gasteiger partial charge in [-0.1, -0.05) is 11.8 Å². The number of ether oxygens (including phenoxy) is 1. The van der Waals surface area contributed by atoms with Crippen molar-refractivity contribution >= 4 is 28.9 Å². The molecule has 2 aromatic heterocycles. The van der Waals surface area contributed by atoms with Crippen LogP contribution >= 0.6 is 11.8 Å². The third-order valence-electron chi connectivity index (χ3n) is 4.64. The number of hydrogen-bond acceptors (Lipinski definition) is 6. The highest BCUT2D eigenvalue weighted by molar-refractivity contribution is 7.98. The summed E-state index contributed by atoms with van der Waals surface area (Å²) in [5.74, 6) is 0. The van der Waals surface area contributed by atoms with Crippen molar-refractivity contribution < 1.29 is 9.53 Å². The molecule has 27 heavy (non-hydrogen) atoms. The van der Waals surface area contributed by atoms with E-state index in [-0.39, 0.29) is 17.7 Å². The van der Waals surface area contributed by atoms with Crippen LogP contribution in [0.2, 0.25) is 0 Å². The fraction of sp³-hybridized carbons (Fsp3) is 0.579. The highest BCUT2D eigenvalue weighted by Crippen LogP contribution is 2.27. The zero-order valence-electron chi connectivity index (χ0n) is 16.5. The van der Waals surface area contributed by atoms with Crippen LogP contribution in [-0.4, -0.2) is 50.5 Å². The Labute approximate surface area is 163 Å². The Bertz CT molecular complexity index is 912. The number of aryl methyl sites for hydroxylation is 1. The van der Waals surface area contributed by atoms with Crippen LogP contribution in [0.25, 0.3) is 11.0 Å². The number of piperidine rings is 1. The molecule has 0 unspecified atom stereocenters. The maximum atomic E-state index is 12.7. The van der Waals surface area contributed by atoms with E-state index in [2.05, 4.69) is 9.97 Å². The second-order valence-corrected chi connectivity index (χ2v) is 8.60. The molecule has 1 fully saturated rings. The fourth-order valence-corrected chi connectivity index (χ4v) is 3.68. The van der Waals surface area contributed by atoms with E-state index in [9.17, 15) is 9.59 Å². The van der Waals surface area contributed by atoms with Crippen molar-refractivity contribution in [3.05, 3.63) is 28.2 Å². The molecule has 0 bridgehead atoms. The molecule has 0 spiro atoms. The lowest BCUT2D eigenvalue weighted by Crippen LogP contribution is -2.43. The van der Waals surface area contributed by atoms with Crippen LogP contribution in [0.15, 0.2) is 22.2 Å². The third kappa shape index (κ3) is 4.26. The van der Waals surface area contributed by atoms with Crippen molar-refractivity contribution in [2.45, 2.75) is 57.3 Å². The van der Waals surface area contributed by atoms with Gasteiger partial charge in [-0.05, 0) is 52.4 Å². The summed E-state index contributed by atoms with van der Waals surface area (Å²) < 4.78 is 7.23. The van der Waals surface area contributed by atoms with Crippen LogP contribution < -0.4 is 5.56 Å². The number of aromatic nitrogens is 3.